The summed E-state index contributed by atoms with van der Waals surface area (Å²) in [7, 11) is 0. The lowest BCUT2D eigenvalue weighted by atomic mass is 9.81. The predicted octanol–water partition coefficient (Wildman–Crippen LogP) is 6.21. The third-order valence-corrected chi connectivity index (χ3v) is 5.94. The molecule has 0 radical (unpaired) electrons. The molecular formula is C24H27NO3S. The molecule has 0 fully saturated rings. The first-order chi connectivity index (χ1) is 14.1. The highest BCUT2D eigenvalue weighted by atomic mass is 32.2. The van der Waals surface area contributed by atoms with Crippen molar-refractivity contribution in [3.05, 3.63) is 71.0 Å². The van der Waals surface area contributed by atoms with Gasteiger partial charge in [-0.15, -0.1) is 0 Å². The summed E-state index contributed by atoms with van der Waals surface area (Å²) in [6.45, 7) is 4.46. The third kappa shape index (κ3) is 5.97. The Morgan fingerprint density at radius 1 is 1.17 bits per heavy atom. The summed E-state index contributed by atoms with van der Waals surface area (Å²) in [4.78, 5) is 19.9. The van der Waals surface area contributed by atoms with Crippen molar-refractivity contribution in [3.8, 4) is 0 Å². The minimum Gasteiger partial charge on any atom is -0.512 e. The number of benzene rings is 2. The number of aliphatic hydroxyl groups is 1. The van der Waals surface area contributed by atoms with Gasteiger partial charge in [0.05, 0.1) is 5.76 Å². The van der Waals surface area contributed by atoms with Crippen molar-refractivity contribution in [1.82, 2.24) is 0 Å². The van der Waals surface area contributed by atoms with E-state index < -0.39 is 0 Å². The Morgan fingerprint density at radius 3 is 2.69 bits per heavy atom. The van der Waals surface area contributed by atoms with Gasteiger partial charge in [0, 0.05) is 34.4 Å². The molecule has 0 amide bonds. The number of hydrogen-bond acceptors (Lipinski definition) is 5. The number of carbonyl (C=O) groups excluding carboxylic acids is 1. The van der Waals surface area contributed by atoms with Gasteiger partial charge < -0.3 is 9.94 Å². The van der Waals surface area contributed by atoms with E-state index in [2.05, 4.69) is 48.5 Å². The van der Waals surface area contributed by atoms with Crippen LogP contribution in [0.25, 0.3) is 0 Å². The van der Waals surface area contributed by atoms with Crippen molar-refractivity contribution in [2.75, 3.05) is 6.61 Å². The van der Waals surface area contributed by atoms with Gasteiger partial charge >= 0.3 is 0 Å². The van der Waals surface area contributed by atoms with Crippen LogP contribution >= 0.6 is 11.8 Å². The van der Waals surface area contributed by atoms with E-state index in [0.29, 0.717) is 37.9 Å². The number of aliphatic hydroxyl groups excluding tert-OH is 1. The maximum Gasteiger partial charge on any atom is 0.162 e. The summed E-state index contributed by atoms with van der Waals surface area (Å²) < 4.78 is 0. The van der Waals surface area contributed by atoms with Crippen LogP contribution in [0.2, 0.25) is 0 Å². The van der Waals surface area contributed by atoms with Gasteiger partial charge in [-0.2, -0.15) is 0 Å². The first-order valence-electron chi connectivity index (χ1n) is 9.99. The zero-order valence-electron chi connectivity index (χ0n) is 16.9. The average Bonchev–Trinajstić information content (AvgIpc) is 2.71. The molecule has 1 unspecified atom stereocenters. The van der Waals surface area contributed by atoms with Gasteiger partial charge in [-0.1, -0.05) is 46.7 Å². The maximum absolute atomic E-state index is 12.6. The van der Waals surface area contributed by atoms with Crippen molar-refractivity contribution in [2.24, 2.45) is 5.16 Å². The molecule has 1 aliphatic rings. The summed E-state index contributed by atoms with van der Waals surface area (Å²) in [5.41, 5.74) is 2.87. The smallest absolute Gasteiger partial charge is 0.162 e. The highest BCUT2D eigenvalue weighted by Crippen LogP contribution is 2.37. The summed E-state index contributed by atoms with van der Waals surface area (Å²) in [5.74, 6) is 0.259. The van der Waals surface area contributed by atoms with E-state index in [-0.39, 0.29) is 17.5 Å². The lowest BCUT2D eigenvalue weighted by molar-refractivity contribution is -0.116. The van der Waals surface area contributed by atoms with Gasteiger partial charge in [0.2, 0.25) is 0 Å². The summed E-state index contributed by atoms with van der Waals surface area (Å²) >= 11 is 1.71. The van der Waals surface area contributed by atoms with Crippen LogP contribution in [-0.2, 0) is 9.63 Å². The number of ketones is 1. The molecule has 0 heterocycles. The van der Waals surface area contributed by atoms with Crippen LogP contribution in [0, 0.1) is 6.92 Å². The Balaban J connectivity index is 1.67. The lowest BCUT2D eigenvalue weighted by Crippen LogP contribution is -2.18. The number of allylic oxidation sites excluding steroid dienone is 2. The topological polar surface area (TPSA) is 58.9 Å². The largest absolute Gasteiger partial charge is 0.512 e. The third-order valence-electron chi connectivity index (χ3n) is 4.94. The molecule has 3 rings (SSSR count). The Kier molecular flexibility index (Phi) is 7.53. The van der Waals surface area contributed by atoms with E-state index in [1.54, 1.807) is 18.0 Å². The second-order valence-corrected chi connectivity index (χ2v) is 8.33. The van der Waals surface area contributed by atoms with Crippen molar-refractivity contribution in [3.63, 3.8) is 0 Å². The molecule has 2 aromatic carbocycles. The number of aryl methyl sites for hydroxylation is 1. The average molecular weight is 410 g/mol. The van der Waals surface area contributed by atoms with Crippen LogP contribution < -0.4 is 0 Å². The molecule has 2 aromatic rings. The van der Waals surface area contributed by atoms with Gasteiger partial charge in [0.1, 0.15) is 6.61 Å². The molecule has 0 spiro atoms. The number of hydrogen-bond donors (Lipinski definition) is 1. The number of rotatable bonds is 8. The molecule has 1 N–H and O–H groups in total. The number of carbonyl (C=O) groups is 1. The molecule has 0 saturated carbocycles. The van der Waals surface area contributed by atoms with Gasteiger partial charge in [-0.05, 0) is 62.4 Å². The molecular weight excluding hydrogens is 382 g/mol. The second kappa shape index (κ2) is 10.3. The highest BCUT2D eigenvalue weighted by molar-refractivity contribution is 7.99. The first kappa shape index (κ1) is 21.2. The van der Waals surface area contributed by atoms with Crippen molar-refractivity contribution < 1.29 is 14.7 Å². The van der Waals surface area contributed by atoms with E-state index in [1.165, 1.54) is 10.5 Å². The minimum atomic E-state index is 0.0157. The molecule has 29 heavy (non-hydrogen) atoms. The van der Waals surface area contributed by atoms with E-state index in [4.69, 9.17) is 4.84 Å². The van der Waals surface area contributed by atoms with E-state index in [1.807, 2.05) is 19.1 Å². The van der Waals surface area contributed by atoms with Gasteiger partial charge in [-0.3, -0.25) is 4.79 Å². The van der Waals surface area contributed by atoms with Crippen LogP contribution in [0.4, 0.5) is 0 Å². The van der Waals surface area contributed by atoms with Crippen LogP contribution in [0.5, 0.6) is 0 Å². The van der Waals surface area contributed by atoms with Crippen molar-refractivity contribution in [2.45, 2.75) is 55.2 Å². The number of Topliss-reactive ketones (excluding diaryl/α,β-unsaturated/α-hetero) is 1. The maximum atomic E-state index is 12.6. The highest BCUT2D eigenvalue weighted by Gasteiger charge is 2.28. The number of oxime groups is 1. The van der Waals surface area contributed by atoms with Gasteiger partial charge in [0.25, 0.3) is 0 Å². The van der Waals surface area contributed by atoms with Crippen LogP contribution in [0.3, 0.4) is 0 Å². The molecule has 152 valence electrons. The van der Waals surface area contributed by atoms with Crippen LogP contribution in [-0.4, -0.2) is 23.7 Å². The standard InChI is InChI=1S/C24H27NO3S/c1-3-28-25-13-5-8-22-23(26)15-19(16-24(22)27)18-6-4-7-21(14-18)29-20-11-9-17(2)10-12-20/h4,6-7,9-14,19,26H,3,5,8,15-16H2,1-2H3. The molecule has 0 aromatic heterocycles. The molecule has 0 aliphatic heterocycles. The monoisotopic (exact) mass is 409 g/mol. The normalized spacial score (nSPS) is 17.2. The molecule has 4 nitrogen and oxygen atoms in total. The Bertz CT molecular complexity index is 903. The first-order valence-corrected chi connectivity index (χ1v) is 10.8. The lowest BCUT2D eigenvalue weighted by Gasteiger charge is -2.24. The van der Waals surface area contributed by atoms with E-state index >= 15 is 0 Å². The fourth-order valence-electron chi connectivity index (χ4n) is 3.42. The predicted molar refractivity (Wildman–Crippen MR) is 118 cm³/mol. The Morgan fingerprint density at radius 2 is 1.97 bits per heavy atom. The van der Waals surface area contributed by atoms with Crippen molar-refractivity contribution >= 4 is 23.8 Å². The van der Waals surface area contributed by atoms with Crippen molar-refractivity contribution in [1.29, 1.82) is 0 Å². The van der Waals surface area contributed by atoms with Crippen LogP contribution in [0.1, 0.15) is 49.7 Å². The van der Waals surface area contributed by atoms with E-state index in [9.17, 15) is 9.90 Å². The Labute approximate surface area is 176 Å². The Hall–Kier alpha value is -2.53. The minimum absolute atomic E-state index is 0.0157. The molecule has 0 bridgehead atoms. The summed E-state index contributed by atoms with van der Waals surface area (Å²) in [6.07, 6.45) is 3.66. The van der Waals surface area contributed by atoms with Gasteiger partial charge in [-0.25, -0.2) is 0 Å². The molecule has 1 atom stereocenters. The fraction of sp³-hybridized carbons (Fsp3) is 0.333. The summed E-state index contributed by atoms with van der Waals surface area (Å²) in [6, 6.07) is 16.7. The SMILES string of the molecule is CCON=CCCC1=C(O)CC(c2cccc(Sc3ccc(C)cc3)c2)CC1=O. The van der Waals surface area contributed by atoms with E-state index in [0.717, 1.165) is 10.5 Å². The second-order valence-electron chi connectivity index (χ2n) is 7.19. The molecule has 0 saturated heterocycles. The summed E-state index contributed by atoms with van der Waals surface area (Å²) in [5, 5.41) is 14.3. The quantitative estimate of drug-likeness (QED) is 0.416. The zero-order chi connectivity index (χ0) is 20.6. The van der Waals surface area contributed by atoms with Crippen LogP contribution in [0.15, 0.2) is 74.8 Å². The molecule has 5 heteroatoms. The molecule has 1 aliphatic carbocycles. The van der Waals surface area contributed by atoms with Gasteiger partial charge in [0.15, 0.2) is 5.78 Å². The zero-order valence-corrected chi connectivity index (χ0v) is 17.7. The fourth-order valence-corrected chi connectivity index (χ4v) is 4.31. The number of nitrogens with zero attached hydrogens (tertiary/aromatic N) is 1.